The molecule has 0 spiro atoms. The van der Waals surface area contributed by atoms with Gasteiger partial charge in [0, 0.05) is 29.5 Å². The van der Waals surface area contributed by atoms with Crippen LogP contribution in [-0.2, 0) is 4.79 Å². The summed E-state index contributed by atoms with van der Waals surface area (Å²) in [7, 11) is 0. The quantitative estimate of drug-likeness (QED) is 0.538. The number of carbonyl (C=O) groups excluding carboxylic acids is 1. The predicted molar refractivity (Wildman–Crippen MR) is 110 cm³/mol. The van der Waals surface area contributed by atoms with Crippen molar-refractivity contribution in [3.63, 3.8) is 0 Å². The van der Waals surface area contributed by atoms with E-state index in [0.717, 1.165) is 28.2 Å². The van der Waals surface area contributed by atoms with Crippen molar-refractivity contribution in [2.45, 2.75) is 26.8 Å². The molecule has 5 nitrogen and oxygen atoms in total. The first-order chi connectivity index (χ1) is 13.5. The van der Waals surface area contributed by atoms with Crippen LogP contribution in [0.15, 0.2) is 66.5 Å². The van der Waals surface area contributed by atoms with Gasteiger partial charge in [-0.15, -0.1) is 0 Å². The van der Waals surface area contributed by atoms with Gasteiger partial charge in [0.25, 0.3) is 5.91 Å². The van der Waals surface area contributed by atoms with Gasteiger partial charge in [0.1, 0.15) is 11.6 Å². The summed E-state index contributed by atoms with van der Waals surface area (Å²) in [5.74, 6) is -0.382. The zero-order chi connectivity index (χ0) is 20.1. The molecule has 1 N–H and O–H groups in total. The summed E-state index contributed by atoms with van der Waals surface area (Å²) in [4.78, 5) is 16.7. The number of nitrogens with zero attached hydrogens (tertiary/aromatic N) is 3. The van der Waals surface area contributed by atoms with E-state index in [9.17, 15) is 10.1 Å². The van der Waals surface area contributed by atoms with E-state index in [0.29, 0.717) is 0 Å². The molecule has 1 atom stereocenters. The fraction of sp³-hybridized carbons (Fsp3) is 0.174. The van der Waals surface area contributed by atoms with Crippen molar-refractivity contribution in [1.29, 1.82) is 5.26 Å². The van der Waals surface area contributed by atoms with E-state index >= 15 is 0 Å². The minimum Gasteiger partial charge on any atom is -0.345 e. The van der Waals surface area contributed by atoms with Crippen LogP contribution in [0.1, 0.15) is 35.5 Å². The van der Waals surface area contributed by atoms with Crippen LogP contribution in [0.2, 0.25) is 0 Å². The molecular formula is C23H22N4O. The number of hydrogen-bond donors (Lipinski definition) is 1. The first-order valence-corrected chi connectivity index (χ1v) is 9.08. The molecule has 3 aromatic rings. The number of rotatable bonds is 5. The molecule has 140 valence electrons. The molecule has 0 radical (unpaired) electrons. The van der Waals surface area contributed by atoms with E-state index in [-0.39, 0.29) is 17.5 Å². The van der Waals surface area contributed by atoms with Gasteiger partial charge >= 0.3 is 0 Å². The van der Waals surface area contributed by atoms with Gasteiger partial charge in [0.15, 0.2) is 0 Å². The Balaban J connectivity index is 1.87. The molecule has 0 fully saturated rings. The molecular weight excluding hydrogens is 348 g/mol. The highest BCUT2D eigenvalue weighted by molar-refractivity contribution is 6.02. The van der Waals surface area contributed by atoms with Crippen molar-refractivity contribution in [3.05, 3.63) is 89.0 Å². The molecule has 28 heavy (non-hydrogen) atoms. The summed E-state index contributed by atoms with van der Waals surface area (Å²) in [5.41, 5.74) is 4.88. The first kappa shape index (κ1) is 19.1. The highest BCUT2D eigenvalue weighted by Gasteiger charge is 2.16. The number of aromatic nitrogens is 2. The van der Waals surface area contributed by atoms with Crippen LogP contribution >= 0.6 is 0 Å². The Hall–Kier alpha value is -3.65. The lowest BCUT2D eigenvalue weighted by Gasteiger charge is -2.13. The molecule has 0 saturated carbocycles. The van der Waals surface area contributed by atoms with Crippen molar-refractivity contribution in [2.75, 3.05) is 0 Å². The third-order valence-corrected chi connectivity index (χ3v) is 4.70. The predicted octanol–water partition coefficient (Wildman–Crippen LogP) is 4.27. The Morgan fingerprint density at radius 1 is 1.18 bits per heavy atom. The molecule has 0 bridgehead atoms. The molecule has 0 saturated heterocycles. The zero-order valence-electron chi connectivity index (χ0n) is 16.2. The largest absolute Gasteiger partial charge is 0.345 e. The van der Waals surface area contributed by atoms with Crippen LogP contribution in [-0.4, -0.2) is 15.5 Å². The van der Waals surface area contributed by atoms with E-state index < -0.39 is 0 Å². The Morgan fingerprint density at radius 3 is 2.50 bits per heavy atom. The highest BCUT2D eigenvalue weighted by atomic mass is 16.1. The Kier molecular flexibility index (Phi) is 5.71. The molecule has 0 unspecified atom stereocenters. The maximum Gasteiger partial charge on any atom is 0.262 e. The van der Waals surface area contributed by atoms with Gasteiger partial charge in [-0.05, 0) is 56.2 Å². The minimum absolute atomic E-state index is 0.0813. The Morgan fingerprint density at radius 2 is 1.86 bits per heavy atom. The summed E-state index contributed by atoms with van der Waals surface area (Å²) in [6.45, 7) is 5.87. The third kappa shape index (κ3) is 4.02. The van der Waals surface area contributed by atoms with E-state index in [4.69, 9.17) is 0 Å². The maximum atomic E-state index is 12.6. The second kappa shape index (κ2) is 8.36. The summed E-state index contributed by atoms with van der Waals surface area (Å²) in [6, 6.07) is 17.3. The van der Waals surface area contributed by atoms with E-state index in [1.165, 1.54) is 0 Å². The number of pyridine rings is 1. The van der Waals surface area contributed by atoms with E-state index in [1.807, 2.05) is 75.4 Å². The second-order valence-corrected chi connectivity index (χ2v) is 6.64. The topological polar surface area (TPSA) is 70.7 Å². The van der Waals surface area contributed by atoms with Gasteiger partial charge in [0.05, 0.1) is 6.04 Å². The van der Waals surface area contributed by atoms with Crippen molar-refractivity contribution in [1.82, 2.24) is 14.9 Å². The van der Waals surface area contributed by atoms with Crippen LogP contribution in [0, 0.1) is 25.2 Å². The summed E-state index contributed by atoms with van der Waals surface area (Å²) in [5, 5.41) is 12.4. The number of aryl methyl sites for hydroxylation is 1. The number of amides is 1. The number of hydrogen-bond acceptors (Lipinski definition) is 3. The van der Waals surface area contributed by atoms with Gasteiger partial charge in [-0.1, -0.05) is 30.3 Å². The van der Waals surface area contributed by atoms with Crippen molar-refractivity contribution < 1.29 is 4.79 Å². The fourth-order valence-corrected chi connectivity index (χ4v) is 3.23. The summed E-state index contributed by atoms with van der Waals surface area (Å²) in [6.07, 6.45) is 5.12. The maximum absolute atomic E-state index is 12.6. The smallest absolute Gasteiger partial charge is 0.262 e. The van der Waals surface area contributed by atoms with Crippen LogP contribution < -0.4 is 5.32 Å². The van der Waals surface area contributed by atoms with Gasteiger partial charge in [-0.25, -0.2) is 0 Å². The number of benzene rings is 1. The van der Waals surface area contributed by atoms with Crippen molar-refractivity contribution in [3.8, 4) is 11.8 Å². The van der Waals surface area contributed by atoms with Gasteiger partial charge in [-0.3, -0.25) is 9.78 Å². The first-order valence-electron chi connectivity index (χ1n) is 9.08. The average molecular weight is 370 g/mol. The average Bonchev–Trinajstić information content (AvgIpc) is 3.00. The molecule has 3 rings (SSSR count). The monoisotopic (exact) mass is 370 g/mol. The zero-order valence-corrected chi connectivity index (χ0v) is 16.2. The Labute approximate surface area is 165 Å². The van der Waals surface area contributed by atoms with Crippen LogP contribution in [0.4, 0.5) is 0 Å². The van der Waals surface area contributed by atoms with Crippen molar-refractivity contribution >= 4 is 12.0 Å². The van der Waals surface area contributed by atoms with Crippen LogP contribution in [0.25, 0.3) is 11.8 Å². The third-order valence-electron chi connectivity index (χ3n) is 4.70. The summed E-state index contributed by atoms with van der Waals surface area (Å²) < 4.78 is 2.08. The molecule has 1 aromatic carbocycles. The molecule has 0 aliphatic rings. The highest BCUT2D eigenvalue weighted by Crippen LogP contribution is 2.22. The normalized spacial score (nSPS) is 12.3. The second-order valence-electron chi connectivity index (χ2n) is 6.64. The van der Waals surface area contributed by atoms with Gasteiger partial charge in [0.2, 0.25) is 0 Å². The van der Waals surface area contributed by atoms with E-state index in [1.54, 1.807) is 18.5 Å². The fourth-order valence-electron chi connectivity index (χ4n) is 3.23. The van der Waals surface area contributed by atoms with Crippen LogP contribution in [0.3, 0.4) is 0 Å². The lowest BCUT2D eigenvalue weighted by Crippen LogP contribution is -2.27. The van der Waals surface area contributed by atoms with Gasteiger partial charge < -0.3 is 9.88 Å². The lowest BCUT2D eigenvalue weighted by molar-refractivity contribution is -0.117. The van der Waals surface area contributed by atoms with Crippen LogP contribution in [0.5, 0.6) is 0 Å². The SMILES string of the molecule is Cc1cc(/C=C(/C#N)C(=O)N[C@@H](C)c2ccccc2)c(C)n1-c1ccncc1. The molecule has 0 aliphatic heterocycles. The Bertz CT molecular complexity index is 1040. The standard InChI is InChI=1S/C23H22N4O/c1-16-13-20(18(3)27(16)22-9-11-25-12-10-22)14-21(15-24)23(28)26-17(2)19-7-5-4-6-8-19/h4-14,17H,1-3H3,(H,26,28)/b21-14-/t17-/m0/s1. The molecule has 1 amide bonds. The van der Waals surface area contributed by atoms with E-state index in [2.05, 4.69) is 14.9 Å². The van der Waals surface area contributed by atoms with Gasteiger partial charge in [-0.2, -0.15) is 5.26 Å². The summed E-state index contributed by atoms with van der Waals surface area (Å²) >= 11 is 0. The molecule has 0 aliphatic carbocycles. The molecule has 2 aromatic heterocycles. The number of nitriles is 1. The van der Waals surface area contributed by atoms with Crippen molar-refractivity contribution in [2.24, 2.45) is 0 Å². The molecule has 5 heteroatoms. The lowest BCUT2D eigenvalue weighted by atomic mass is 10.1. The number of nitrogens with one attached hydrogen (secondary N) is 1. The molecule has 2 heterocycles. The number of carbonyl (C=O) groups is 1. The minimum atomic E-state index is -0.382.